The number of amides is 1. The van der Waals surface area contributed by atoms with Gasteiger partial charge in [0.1, 0.15) is 0 Å². The van der Waals surface area contributed by atoms with Gasteiger partial charge in [-0.2, -0.15) is 4.98 Å². The van der Waals surface area contributed by atoms with E-state index in [1.807, 2.05) is 12.1 Å². The number of nitrogens with zero attached hydrogens (tertiary/aromatic N) is 4. The summed E-state index contributed by atoms with van der Waals surface area (Å²) in [5.74, 6) is 0.950. The zero-order valence-electron chi connectivity index (χ0n) is 15.3. The highest BCUT2D eigenvalue weighted by Crippen LogP contribution is 2.16. The van der Waals surface area contributed by atoms with E-state index in [-0.39, 0.29) is 11.4 Å². The van der Waals surface area contributed by atoms with Gasteiger partial charge < -0.3 is 14.6 Å². The van der Waals surface area contributed by atoms with Crippen LogP contribution < -0.4 is 5.32 Å². The molecule has 0 radical (unpaired) electrons. The molecule has 1 fully saturated rings. The summed E-state index contributed by atoms with van der Waals surface area (Å²) in [5, 5.41) is 6.96. The third kappa shape index (κ3) is 4.86. The average Bonchev–Trinajstić information content (AvgIpc) is 3.15. The monoisotopic (exact) mass is 359 g/mol. The van der Waals surface area contributed by atoms with Gasteiger partial charge in [-0.1, -0.05) is 5.16 Å². The first-order valence-corrected chi connectivity index (χ1v) is 8.87. The molecular formula is C18H25N5O3. The van der Waals surface area contributed by atoms with Crippen LogP contribution in [-0.2, 0) is 16.0 Å². The van der Waals surface area contributed by atoms with Crippen molar-refractivity contribution in [1.82, 2.24) is 25.3 Å². The fourth-order valence-corrected chi connectivity index (χ4v) is 2.88. The molecular weight excluding hydrogens is 334 g/mol. The molecule has 2 aromatic rings. The highest BCUT2D eigenvalue weighted by atomic mass is 16.5. The lowest BCUT2D eigenvalue weighted by molar-refractivity contribution is -0.122. The average molecular weight is 359 g/mol. The summed E-state index contributed by atoms with van der Waals surface area (Å²) in [7, 11) is 0. The largest absolute Gasteiger partial charge is 0.379 e. The molecule has 8 nitrogen and oxygen atoms in total. The van der Waals surface area contributed by atoms with Crippen LogP contribution in [-0.4, -0.2) is 64.3 Å². The maximum absolute atomic E-state index is 12.2. The van der Waals surface area contributed by atoms with Crippen LogP contribution in [0.3, 0.4) is 0 Å². The molecule has 1 aliphatic heterocycles. The van der Waals surface area contributed by atoms with Crippen molar-refractivity contribution in [3.63, 3.8) is 0 Å². The van der Waals surface area contributed by atoms with Crippen molar-refractivity contribution >= 4 is 5.91 Å². The van der Waals surface area contributed by atoms with E-state index in [9.17, 15) is 4.79 Å². The molecule has 140 valence electrons. The van der Waals surface area contributed by atoms with Gasteiger partial charge in [-0.3, -0.25) is 14.7 Å². The number of hydrogen-bond acceptors (Lipinski definition) is 7. The van der Waals surface area contributed by atoms with Gasteiger partial charge in [-0.15, -0.1) is 0 Å². The second-order valence-corrected chi connectivity index (χ2v) is 6.94. The predicted octanol–water partition coefficient (Wildman–Crippen LogP) is 1.29. The van der Waals surface area contributed by atoms with E-state index in [1.165, 1.54) is 0 Å². The van der Waals surface area contributed by atoms with Gasteiger partial charge in [0.15, 0.2) is 0 Å². The Morgan fingerprint density at radius 3 is 2.73 bits per heavy atom. The Kier molecular flexibility index (Phi) is 5.95. The summed E-state index contributed by atoms with van der Waals surface area (Å²) < 4.78 is 10.6. The SMILES string of the molecule is CC(C)(CNC(=O)CCc1nc(-c2ccncc2)no1)N1CCOCC1. The molecule has 3 heterocycles. The number of rotatable bonds is 7. The van der Waals surface area contributed by atoms with Crippen LogP contribution in [0.25, 0.3) is 11.4 Å². The van der Waals surface area contributed by atoms with E-state index >= 15 is 0 Å². The van der Waals surface area contributed by atoms with Crippen LogP contribution in [0.4, 0.5) is 0 Å². The van der Waals surface area contributed by atoms with Crippen molar-refractivity contribution in [2.45, 2.75) is 32.2 Å². The maximum atomic E-state index is 12.2. The molecule has 0 aliphatic carbocycles. The van der Waals surface area contributed by atoms with Crippen LogP contribution in [0, 0.1) is 0 Å². The number of morpholine rings is 1. The molecule has 0 atom stereocenters. The summed E-state index contributed by atoms with van der Waals surface area (Å²) in [6, 6.07) is 3.63. The highest BCUT2D eigenvalue weighted by molar-refractivity contribution is 5.76. The summed E-state index contributed by atoms with van der Waals surface area (Å²) in [6.07, 6.45) is 4.09. The molecule has 1 aliphatic rings. The molecule has 8 heteroatoms. The van der Waals surface area contributed by atoms with Gasteiger partial charge in [0, 0.05) is 56.0 Å². The van der Waals surface area contributed by atoms with Gasteiger partial charge >= 0.3 is 0 Å². The Morgan fingerprint density at radius 2 is 2.00 bits per heavy atom. The van der Waals surface area contributed by atoms with Crippen molar-refractivity contribution in [2.24, 2.45) is 0 Å². The number of nitrogens with one attached hydrogen (secondary N) is 1. The quantitative estimate of drug-likeness (QED) is 0.796. The first-order valence-electron chi connectivity index (χ1n) is 8.87. The third-order valence-electron chi connectivity index (χ3n) is 4.56. The van der Waals surface area contributed by atoms with E-state index in [0.29, 0.717) is 31.1 Å². The van der Waals surface area contributed by atoms with Crippen LogP contribution in [0.15, 0.2) is 29.0 Å². The highest BCUT2D eigenvalue weighted by Gasteiger charge is 2.28. The minimum absolute atomic E-state index is 0.0185. The number of pyridine rings is 1. The van der Waals surface area contributed by atoms with Gasteiger partial charge in [0.25, 0.3) is 0 Å². The fraction of sp³-hybridized carbons (Fsp3) is 0.556. The summed E-state index contributed by atoms with van der Waals surface area (Å²) in [5.41, 5.74) is 0.741. The van der Waals surface area contributed by atoms with Gasteiger partial charge in [0.2, 0.25) is 17.6 Å². The Balaban J connectivity index is 1.45. The Labute approximate surface area is 152 Å². The molecule has 1 amide bonds. The molecule has 1 N–H and O–H groups in total. The van der Waals surface area contributed by atoms with Crippen LogP contribution in [0.5, 0.6) is 0 Å². The lowest BCUT2D eigenvalue weighted by atomic mass is 10.0. The second-order valence-electron chi connectivity index (χ2n) is 6.94. The van der Waals surface area contributed by atoms with Crippen LogP contribution in [0.1, 0.15) is 26.2 Å². The third-order valence-corrected chi connectivity index (χ3v) is 4.56. The normalized spacial score (nSPS) is 15.8. The van der Waals surface area contributed by atoms with Gasteiger partial charge in [-0.05, 0) is 26.0 Å². The van der Waals surface area contributed by atoms with E-state index in [4.69, 9.17) is 9.26 Å². The molecule has 0 bridgehead atoms. The Hall–Kier alpha value is -2.32. The van der Waals surface area contributed by atoms with E-state index < -0.39 is 0 Å². The molecule has 0 unspecified atom stereocenters. The van der Waals surface area contributed by atoms with E-state index in [2.05, 4.69) is 39.2 Å². The lowest BCUT2D eigenvalue weighted by Crippen LogP contribution is -2.55. The molecule has 3 rings (SSSR count). The maximum Gasteiger partial charge on any atom is 0.227 e. The standard InChI is InChI=1S/C18H25N5O3/c1-18(2,23-9-11-25-12-10-23)13-20-15(24)3-4-16-21-17(22-26-16)14-5-7-19-8-6-14/h5-8H,3-4,9-13H2,1-2H3,(H,20,24). The topological polar surface area (TPSA) is 93.4 Å². The summed E-state index contributed by atoms with van der Waals surface area (Å²) in [4.78, 5) is 22.8. The molecule has 2 aromatic heterocycles. The summed E-state index contributed by atoms with van der Waals surface area (Å²) >= 11 is 0. The number of ether oxygens (including phenoxy) is 1. The predicted molar refractivity (Wildman–Crippen MR) is 95.3 cm³/mol. The van der Waals surface area contributed by atoms with Gasteiger partial charge in [0.05, 0.1) is 13.2 Å². The van der Waals surface area contributed by atoms with Crippen molar-refractivity contribution in [1.29, 1.82) is 0 Å². The number of aromatic nitrogens is 3. The van der Waals surface area contributed by atoms with E-state index in [1.54, 1.807) is 12.4 Å². The zero-order chi connectivity index (χ0) is 18.4. The van der Waals surface area contributed by atoms with Gasteiger partial charge in [-0.25, -0.2) is 0 Å². The Morgan fingerprint density at radius 1 is 1.27 bits per heavy atom. The minimum atomic E-state index is -0.0988. The smallest absolute Gasteiger partial charge is 0.227 e. The van der Waals surface area contributed by atoms with Crippen molar-refractivity contribution in [2.75, 3.05) is 32.8 Å². The number of carbonyl (C=O) groups excluding carboxylic acids is 1. The molecule has 0 aromatic carbocycles. The van der Waals surface area contributed by atoms with Crippen molar-refractivity contribution < 1.29 is 14.1 Å². The first kappa shape index (κ1) is 18.5. The van der Waals surface area contributed by atoms with Crippen molar-refractivity contribution in [3.05, 3.63) is 30.4 Å². The molecule has 0 spiro atoms. The first-order chi connectivity index (χ1) is 12.5. The second kappa shape index (κ2) is 8.37. The molecule has 0 saturated carbocycles. The van der Waals surface area contributed by atoms with Crippen LogP contribution >= 0.6 is 0 Å². The van der Waals surface area contributed by atoms with Crippen molar-refractivity contribution in [3.8, 4) is 11.4 Å². The fourth-order valence-electron chi connectivity index (χ4n) is 2.88. The zero-order valence-corrected chi connectivity index (χ0v) is 15.3. The minimum Gasteiger partial charge on any atom is -0.379 e. The van der Waals surface area contributed by atoms with Crippen LogP contribution in [0.2, 0.25) is 0 Å². The Bertz CT molecular complexity index is 711. The number of aryl methyl sites for hydroxylation is 1. The molecule has 26 heavy (non-hydrogen) atoms. The lowest BCUT2D eigenvalue weighted by Gasteiger charge is -2.40. The summed E-state index contributed by atoms with van der Waals surface area (Å²) in [6.45, 7) is 8.14. The van der Waals surface area contributed by atoms with E-state index in [0.717, 1.165) is 31.9 Å². The number of carbonyl (C=O) groups is 1. The number of hydrogen-bond donors (Lipinski definition) is 1. The molecule has 1 saturated heterocycles.